The first kappa shape index (κ1) is 12.2. The second-order valence-electron chi connectivity index (χ2n) is 4.45. The van der Waals surface area contributed by atoms with Crippen LogP contribution in [0.5, 0.6) is 0 Å². The molecule has 0 bridgehead atoms. The van der Waals surface area contributed by atoms with Gasteiger partial charge in [0, 0.05) is 24.0 Å². The van der Waals surface area contributed by atoms with E-state index in [0.717, 1.165) is 24.1 Å². The predicted molar refractivity (Wildman–Crippen MR) is 83.1 cm³/mol. The van der Waals surface area contributed by atoms with E-state index >= 15 is 0 Å². The molecule has 0 unspecified atom stereocenters. The Morgan fingerprint density at radius 3 is 2.83 bits per heavy atom. The standard InChI is InChI=1S/C14H12INOS/c1-16-7-6-9-2-3-10(8-11(9)14(16)17)12-4-5-13(15)18-12/h2-5,8H,6-7H2,1H3. The van der Waals surface area contributed by atoms with Crippen molar-refractivity contribution in [2.24, 2.45) is 0 Å². The van der Waals surface area contributed by atoms with Crippen LogP contribution < -0.4 is 0 Å². The van der Waals surface area contributed by atoms with Gasteiger partial charge in [0.05, 0.1) is 2.88 Å². The third-order valence-corrected chi connectivity index (χ3v) is 5.20. The van der Waals surface area contributed by atoms with Gasteiger partial charge in [-0.15, -0.1) is 11.3 Å². The maximum absolute atomic E-state index is 12.1. The van der Waals surface area contributed by atoms with Crippen molar-refractivity contribution >= 4 is 39.8 Å². The van der Waals surface area contributed by atoms with Crippen LogP contribution in [-0.4, -0.2) is 24.4 Å². The number of benzene rings is 1. The van der Waals surface area contributed by atoms with Crippen molar-refractivity contribution < 1.29 is 4.79 Å². The monoisotopic (exact) mass is 369 g/mol. The molecule has 0 spiro atoms. The molecular formula is C14H12INOS. The minimum atomic E-state index is 0.143. The van der Waals surface area contributed by atoms with Crippen molar-refractivity contribution in [3.05, 3.63) is 44.3 Å². The van der Waals surface area contributed by atoms with E-state index in [1.165, 1.54) is 13.3 Å². The Bertz CT molecular complexity index is 620. The molecule has 1 aliphatic rings. The summed E-state index contributed by atoms with van der Waals surface area (Å²) in [6, 6.07) is 10.5. The summed E-state index contributed by atoms with van der Waals surface area (Å²) in [5, 5.41) is 0. The fourth-order valence-electron chi connectivity index (χ4n) is 2.21. The van der Waals surface area contributed by atoms with E-state index in [2.05, 4.69) is 46.9 Å². The first-order valence-corrected chi connectivity index (χ1v) is 7.69. The van der Waals surface area contributed by atoms with Gasteiger partial charge in [-0.3, -0.25) is 4.79 Å². The van der Waals surface area contributed by atoms with Gasteiger partial charge in [-0.25, -0.2) is 0 Å². The van der Waals surface area contributed by atoms with Gasteiger partial charge in [0.1, 0.15) is 0 Å². The number of thiophene rings is 1. The highest BCUT2D eigenvalue weighted by Crippen LogP contribution is 2.31. The highest BCUT2D eigenvalue weighted by atomic mass is 127. The average Bonchev–Trinajstić information content (AvgIpc) is 2.80. The molecule has 2 nitrogen and oxygen atoms in total. The highest BCUT2D eigenvalue weighted by Gasteiger charge is 2.21. The Balaban J connectivity index is 2.07. The number of likely N-dealkylation sites (N-methyl/N-ethyl adjacent to an activating group) is 1. The van der Waals surface area contributed by atoms with Crippen molar-refractivity contribution in [1.29, 1.82) is 0 Å². The lowest BCUT2D eigenvalue weighted by atomic mass is 9.96. The fraction of sp³-hybridized carbons (Fsp3) is 0.214. The van der Waals surface area contributed by atoms with Crippen molar-refractivity contribution in [2.45, 2.75) is 6.42 Å². The molecule has 3 rings (SSSR count). The molecule has 1 aliphatic heterocycles. The molecule has 0 saturated carbocycles. The normalized spacial score (nSPS) is 14.8. The summed E-state index contributed by atoms with van der Waals surface area (Å²) < 4.78 is 1.27. The van der Waals surface area contributed by atoms with E-state index in [1.807, 2.05) is 13.1 Å². The zero-order valence-corrected chi connectivity index (χ0v) is 12.9. The van der Waals surface area contributed by atoms with Crippen LogP contribution in [0.15, 0.2) is 30.3 Å². The lowest BCUT2D eigenvalue weighted by molar-refractivity contribution is 0.0781. The smallest absolute Gasteiger partial charge is 0.253 e. The van der Waals surface area contributed by atoms with Gasteiger partial charge in [-0.2, -0.15) is 0 Å². The molecule has 2 aromatic rings. The van der Waals surface area contributed by atoms with Crippen LogP contribution in [0.1, 0.15) is 15.9 Å². The molecule has 18 heavy (non-hydrogen) atoms. The first-order valence-electron chi connectivity index (χ1n) is 5.79. The third-order valence-electron chi connectivity index (χ3n) is 3.26. The van der Waals surface area contributed by atoms with Gasteiger partial charge in [0.15, 0.2) is 0 Å². The van der Waals surface area contributed by atoms with Crippen LogP contribution in [0.2, 0.25) is 0 Å². The largest absolute Gasteiger partial charge is 0.341 e. The molecule has 92 valence electrons. The van der Waals surface area contributed by atoms with Crippen LogP contribution in [0.25, 0.3) is 10.4 Å². The second-order valence-corrected chi connectivity index (χ2v) is 7.43. The van der Waals surface area contributed by atoms with Crippen LogP contribution >= 0.6 is 33.9 Å². The van der Waals surface area contributed by atoms with Crippen molar-refractivity contribution in [2.75, 3.05) is 13.6 Å². The number of carbonyl (C=O) groups excluding carboxylic acids is 1. The molecule has 0 aliphatic carbocycles. The quantitative estimate of drug-likeness (QED) is 0.703. The maximum Gasteiger partial charge on any atom is 0.253 e. The number of nitrogens with zero attached hydrogens (tertiary/aromatic N) is 1. The number of fused-ring (bicyclic) bond motifs is 1. The summed E-state index contributed by atoms with van der Waals surface area (Å²) in [5.41, 5.74) is 3.18. The molecule has 1 aromatic carbocycles. The van der Waals surface area contributed by atoms with Crippen LogP contribution in [0, 0.1) is 2.88 Å². The Kier molecular flexibility index (Phi) is 3.15. The molecular weight excluding hydrogens is 357 g/mol. The average molecular weight is 369 g/mol. The fourth-order valence-corrected chi connectivity index (χ4v) is 3.83. The Labute approximate surface area is 124 Å². The summed E-state index contributed by atoms with van der Waals surface area (Å²) in [6.07, 6.45) is 0.958. The summed E-state index contributed by atoms with van der Waals surface area (Å²) in [7, 11) is 1.87. The Morgan fingerprint density at radius 2 is 2.11 bits per heavy atom. The number of rotatable bonds is 1. The van der Waals surface area contributed by atoms with Gasteiger partial charge in [-0.1, -0.05) is 12.1 Å². The molecule has 0 N–H and O–H groups in total. The Hall–Kier alpha value is -0.880. The molecule has 2 heterocycles. The van der Waals surface area contributed by atoms with Gasteiger partial charge < -0.3 is 4.90 Å². The Morgan fingerprint density at radius 1 is 1.28 bits per heavy atom. The molecule has 0 atom stereocenters. The minimum absolute atomic E-state index is 0.143. The van der Waals surface area contributed by atoms with Crippen LogP contribution in [0.3, 0.4) is 0 Å². The number of halogens is 1. The second kappa shape index (κ2) is 4.66. The minimum Gasteiger partial charge on any atom is -0.341 e. The van der Waals surface area contributed by atoms with E-state index in [0.29, 0.717) is 0 Å². The van der Waals surface area contributed by atoms with Crippen LogP contribution in [-0.2, 0) is 6.42 Å². The van der Waals surface area contributed by atoms with Gasteiger partial charge in [0.25, 0.3) is 5.91 Å². The number of hydrogen-bond donors (Lipinski definition) is 0. The summed E-state index contributed by atoms with van der Waals surface area (Å²) in [4.78, 5) is 15.2. The lowest BCUT2D eigenvalue weighted by Gasteiger charge is -2.25. The van der Waals surface area contributed by atoms with Crippen LogP contribution in [0.4, 0.5) is 0 Å². The summed E-state index contributed by atoms with van der Waals surface area (Å²) in [6.45, 7) is 0.822. The molecule has 0 fully saturated rings. The molecule has 4 heteroatoms. The zero-order valence-electron chi connectivity index (χ0n) is 9.94. The van der Waals surface area contributed by atoms with E-state index in [-0.39, 0.29) is 5.91 Å². The number of amides is 1. The molecule has 0 radical (unpaired) electrons. The van der Waals surface area contributed by atoms with Crippen molar-refractivity contribution in [3.8, 4) is 10.4 Å². The van der Waals surface area contributed by atoms with E-state index in [4.69, 9.17) is 0 Å². The van der Waals surface area contributed by atoms with E-state index in [1.54, 1.807) is 16.2 Å². The molecule has 1 amide bonds. The lowest BCUT2D eigenvalue weighted by Crippen LogP contribution is -2.34. The zero-order chi connectivity index (χ0) is 12.7. The molecule has 0 saturated heterocycles. The van der Waals surface area contributed by atoms with Gasteiger partial charge >= 0.3 is 0 Å². The predicted octanol–water partition coefficient (Wildman–Crippen LogP) is 3.65. The third kappa shape index (κ3) is 2.07. The SMILES string of the molecule is CN1CCc2ccc(-c3ccc(I)s3)cc2C1=O. The molecule has 1 aromatic heterocycles. The maximum atomic E-state index is 12.1. The van der Waals surface area contributed by atoms with E-state index in [9.17, 15) is 4.79 Å². The van der Waals surface area contributed by atoms with Gasteiger partial charge in [0.2, 0.25) is 0 Å². The van der Waals surface area contributed by atoms with Crippen molar-refractivity contribution in [1.82, 2.24) is 4.90 Å². The summed E-state index contributed by atoms with van der Waals surface area (Å²) in [5.74, 6) is 0.143. The highest BCUT2D eigenvalue weighted by molar-refractivity contribution is 14.1. The number of carbonyl (C=O) groups is 1. The van der Waals surface area contributed by atoms with E-state index < -0.39 is 0 Å². The summed E-state index contributed by atoms with van der Waals surface area (Å²) >= 11 is 4.08. The first-order chi connectivity index (χ1) is 8.65. The van der Waals surface area contributed by atoms with Gasteiger partial charge in [-0.05, 0) is 58.3 Å². The topological polar surface area (TPSA) is 20.3 Å². The van der Waals surface area contributed by atoms with Crippen molar-refractivity contribution in [3.63, 3.8) is 0 Å². The number of hydrogen-bond acceptors (Lipinski definition) is 2.